The highest BCUT2D eigenvalue weighted by molar-refractivity contribution is 7.99. The van der Waals surface area contributed by atoms with Crippen molar-refractivity contribution in [2.24, 2.45) is 0 Å². The number of nitrogens with one attached hydrogen (secondary N) is 1. The quantitative estimate of drug-likeness (QED) is 0.567. The number of aromatic carboxylic acids is 1. The van der Waals surface area contributed by atoms with Crippen LogP contribution in [-0.2, 0) is 16.1 Å². The molecule has 11 heteroatoms. The van der Waals surface area contributed by atoms with Crippen molar-refractivity contribution >= 4 is 46.8 Å². The zero-order valence-electron chi connectivity index (χ0n) is 15.9. The second-order valence-corrected chi connectivity index (χ2v) is 8.44. The van der Waals surface area contributed by atoms with Gasteiger partial charge in [0.25, 0.3) is 0 Å². The van der Waals surface area contributed by atoms with Gasteiger partial charge < -0.3 is 15.2 Å². The summed E-state index contributed by atoms with van der Waals surface area (Å²) in [7, 11) is 0. The van der Waals surface area contributed by atoms with Crippen molar-refractivity contribution in [2.75, 3.05) is 32.0 Å². The van der Waals surface area contributed by atoms with Crippen LogP contribution >= 0.6 is 35.0 Å². The number of carbonyl (C=O) groups excluding carboxylic acids is 1. The van der Waals surface area contributed by atoms with Crippen LogP contribution in [-0.4, -0.2) is 70.2 Å². The number of hydrogen-bond acceptors (Lipinski definition) is 7. The lowest BCUT2D eigenvalue weighted by Gasteiger charge is -2.33. The molecule has 1 aromatic carbocycles. The Morgan fingerprint density at radius 2 is 2.07 bits per heavy atom. The Hall–Kier alpha value is -1.91. The number of carboxylic acid groups (broad SMARTS) is 1. The molecule has 0 saturated carbocycles. The lowest BCUT2D eigenvalue weighted by atomic mass is 10.2. The number of ether oxygens (including phenoxy) is 1. The Labute approximate surface area is 187 Å². The summed E-state index contributed by atoms with van der Waals surface area (Å²) in [5, 5.41) is 20.6. The first-order valence-corrected chi connectivity index (χ1v) is 10.9. The summed E-state index contributed by atoms with van der Waals surface area (Å²) in [5.41, 5.74) is 0.934. The molecular formula is C19H20Cl2N4O4S. The summed E-state index contributed by atoms with van der Waals surface area (Å²) in [6.45, 7) is 3.20. The molecule has 1 amide bonds. The van der Waals surface area contributed by atoms with Crippen LogP contribution in [0, 0.1) is 0 Å². The van der Waals surface area contributed by atoms with Crippen LogP contribution in [0.2, 0.25) is 10.0 Å². The summed E-state index contributed by atoms with van der Waals surface area (Å²) in [5.74, 6) is -1.15. The highest BCUT2D eigenvalue weighted by atomic mass is 35.5. The van der Waals surface area contributed by atoms with Crippen molar-refractivity contribution < 1.29 is 19.4 Å². The van der Waals surface area contributed by atoms with Gasteiger partial charge >= 0.3 is 5.97 Å². The number of benzene rings is 1. The molecule has 0 radical (unpaired) electrons. The molecule has 2 aromatic rings. The van der Waals surface area contributed by atoms with E-state index in [-0.39, 0.29) is 23.5 Å². The first-order valence-electron chi connectivity index (χ1n) is 9.15. The van der Waals surface area contributed by atoms with Gasteiger partial charge in [-0.25, -0.2) is 4.79 Å². The average Bonchev–Trinajstić information content (AvgIpc) is 2.74. The fraction of sp³-hybridized carbons (Fsp3) is 0.368. The summed E-state index contributed by atoms with van der Waals surface area (Å²) >= 11 is 13.2. The third-order valence-corrected chi connectivity index (χ3v) is 6.01. The van der Waals surface area contributed by atoms with E-state index in [2.05, 4.69) is 20.4 Å². The standard InChI is InChI=1S/C19H20Cl2N4O4S/c20-14-2-1-12(7-15(14)21)9-25-5-6-29-13(10-25)8-22-17(26)11-30-18-4-3-16(19(27)28)23-24-18/h1-4,7,13H,5-6,8-11H2,(H,22,26)(H,27,28). The van der Waals surface area contributed by atoms with Gasteiger partial charge in [-0.1, -0.05) is 41.0 Å². The minimum Gasteiger partial charge on any atom is -0.476 e. The van der Waals surface area contributed by atoms with Crippen molar-refractivity contribution in [3.8, 4) is 0 Å². The van der Waals surface area contributed by atoms with Crippen LogP contribution < -0.4 is 5.32 Å². The van der Waals surface area contributed by atoms with E-state index in [0.29, 0.717) is 34.8 Å². The maximum absolute atomic E-state index is 12.1. The van der Waals surface area contributed by atoms with Crippen molar-refractivity contribution in [3.05, 3.63) is 51.6 Å². The average molecular weight is 471 g/mol. The van der Waals surface area contributed by atoms with Crippen molar-refractivity contribution in [1.29, 1.82) is 0 Å². The number of nitrogens with zero attached hydrogens (tertiary/aromatic N) is 3. The van der Waals surface area contributed by atoms with E-state index in [9.17, 15) is 9.59 Å². The number of hydrogen-bond donors (Lipinski definition) is 2. The number of amides is 1. The van der Waals surface area contributed by atoms with Gasteiger partial charge in [0.2, 0.25) is 5.91 Å². The SMILES string of the molecule is O=C(CSc1ccc(C(=O)O)nn1)NCC1CN(Cc2ccc(Cl)c(Cl)c2)CCO1. The van der Waals surface area contributed by atoms with E-state index in [1.807, 2.05) is 12.1 Å². The van der Waals surface area contributed by atoms with Crippen LogP contribution in [0.5, 0.6) is 0 Å². The van der Waals surface area contributed by atoms with Crippen LogP contribution in [0.15, 0.2) is 35.4 Å². The van der Waals surface area contributed by atoms with Gasteiger partial charge in [0.15, 0.2) is 5.69 Å². The zero-order valence-corrected chi connectivity index (χ0v) is 18.2. The minimum atomic E-state index is -1.14. The van der Waals surface area contributed by atoms with E-state index in [1.54, 1.807) is 6.07 Å². The Kier molecular flexibility index (Phi) is 8.29. The maximum atomic E-state index is 12.1. The number of halogens is 2. The fourth-order valence-electron chi connectivity index (χ4n) is 2.87. The van der Waals surface area contributed by atoms with E-state index in [0.717, 1.165) is 18.7 Å². The number of carboxylic acids is 1. The van der Waals surface area contributed by atoms with E-state index in [4.69, 9.17) is 33.0 Å². The molecule has 1 fully saturated rings. The van der Waals surface area contributed by atoms with Gasteiger partial charge in [-0.3, -0.25) is 9.69 Å². The van der Waals surface area contributed by atoms with Crippen molar-refractivity contribution in [1.82, 2.24) is 20.4 Å². The molecule has 30 heavy (non-hydrogen) atoms. The molecule has 3 rings (SSSR count). The Balaban J connectivity index is 1.40. The second-order valence-electron chi connectivity index (χ2n) is 6.63. The maximum Gasteiger partial charge on any atom is 0.356 e. The molecule has 0 aliphatic carbocycles. The molecule has 1 saturated heterocycles. The van der Waals surface area contributed by atoms with Crippen LogP contribution in [0.1, 0.15) is 16.1 Å². The fourth-order valence-corrected chi connectivity index (χ4v) is 3.84. The van der Waals surface area contributed by atoms with E-state index in [1.165, 1.54) is 23.9 Å². The smallest absolute Gasteiger partial charge is 0.356 e. The number of thioether (sulfide) groups is 1. The van der Waals surface area contributed by atoms with Crippen LogP contribution in [0.4, 0.5) is 0 Å². The molecule has 1 aliphatic heterocycles. The molecule has 8 nitrogen and oxygen atoms in total. The Morgan fingerprint density at radius 1 is 1.23 bits per heavy atom. The van der Waals surface area contributed by atoms with Crippen LogP contribution in [0.25, 0.3) is 0 Å². The molecule has 1 atom stereocenters. The summed E-state index contributed by atoms with van der Waals surface area (Å²) in [6, 6.07) is 8.48. The molecular weight excluding hydrogens is 451 g/mol. The first-order chi connectivity index (χ1) is 14.4. The predicted octanol–water partition coefficient (Wildman–Crippen LogP) is 2.59. The molecule has 2 N–H and O–H groups in total. The molecule has 0 spiro atoms. The largest absolute Gasteiger partial charge is 0.476 e. The van der Waals surface area contributed by atoms with Crippen LogP contribution in [0.3, 0.4) is 0 Å². The lowest BCUT2D eigenvalue weighted by Crippen LogP contribution is -2.47. The topological polar surface area (TPSA) is 105 Å². The van der Waals surface area contributed by atoms with Gasteiger partial charge in [0.1, 0.15) is 5.03 Å². The number of morpholine rings is 1. The first kappa shape index (κ1) is 22.8. The second kappa shape index (κ2) is 10.9. The van der Waals surface area contributed by atoms with E-state index >= 15 is 0 Å². The Morgan fingerprint density at radius 3 is 2.77 bits per heavy atom. The molecule has 160 valence electrons. The molecule has 1 aromatic heterocycles. The molecule has 1 aliphatic rings. The normalized spacial score (nSPS) is 16.9. The molecule has 0 bridgehead atoms. The number of rotatable bonds is 8. The number of aromatic nitrogens is 2. The van der Waals surface area contributed by atoms with Crippen molar-refractivity contribution in [3.63, 3.8) is 0 Å². The predicted molar refractivity (Wildman–Crippen MR) is 114 cm³/mol. The monoisotopic (exact) mass is 470 g/mol. The molecule has 1 unspecified atom stereocenters. The van der Waals surface area contributed by atoms with Crippen molar-refractivity contribution in [2.45, 2.75) is 17.7 Å². The third-order valence-electron chi connectivity index (χ3n) is 4.35. The van der Waals surface area contributed by atoms with Gasteiger partial charge in [-0.2, -0.15) is 0 Å². The summed E-state index contributed by atoms with van der Waals surface area (Å²) < 4.78 is 5.75. The summed E-state index contributed by atoms with van der Waals surface area (Å²) in [4.78, 5) is 25.1. The highest BCUT2D eigenvalue weighted by Crippen LogP contribution is 2.23. The minimum absolute atomic E-state index is 0.106. The molecule has 2 heterocycles. The van der Waals surface area contributed by atoms with Gasteiger partial charge in [0.05, 0.1) is 28.5 Å². The number of carbonyl (C=O) groups is 2. The Bertz CT molecular complexity index is 901. The van der Waals surface area contributed by atoms with Gasteiger partial charge in [-0.15, -0.1) is 10.2 Å². The lowest BCUT2D eigenvalue weighted by molar-refractivity contribution is -0.119. The van der Waals surface area contributed by atoms with Gasteiger partial charge in [-0.05, 0) is 29.8 Å². The zero-order chi connectivity index (χ0) is 21.5. The summed E-state index contributed by atoms with van der Waals surface area (Å²) in [6.07, 6.45) is -0.106. The highest BCUT2D eigenvalue weighted by Gasteiger charge is 2.21. The van der Waals surface area contributed by atoms with E-state index < -0.39 is 5.97 Å². The third kappa shape index (κ3) is 6.82. The van der Waals surface area contributed by atoms with Gasteiger partial charge in [0, 0.05) is 26.2 Å².